The first kappa shape index (κ1) is 28.6. The number of oxazole rings is 2. The van der Waals surface area contributed by atoms with Gasteiger partial charge in [0.2, 0.25) is 0 Å². The van der Waals surface area contributed by atoms with Gasteiger partial charge in [0.1, 0.15) is 11.4 Å². The summed E-state index contributed by atoms with van der Waals surface area (Å²) >= 11 is 0. The second-order valence-corrected chi connectivity index (χ2v) is 13.1. The third-order valence-electron chi connectivity index (χ3n) is 10.0. The van der Waals surface area contributed by atoms with Crippen LogP contribution in [0.15, 0.2) is 179 Å². The predicted molar refractivity (Wildman–Crippen MR) is 208 cm³/mol. The average molecular weight is 669 g/mol. The average Bonchev–Trinajstić information content (AvgIpc) is 3.96. The van der Waals surface area contributed by atoms with Gasteiger partial charge >= 0.3 is 11.7 Å². The van der Waals surface area contributed by atoms with Crippen molar-refractivity contribution in [2.75, 3.05) is 0 Å². The molecule has 0 saturated carbocycles. The SMILES string of the molecule is c1ccc(-c2nc3oc4ccccc4n3c2-c2ccc(-c3ccc(-c4c(-c5ccc6ccccc6c5)nc5oc6ccccc6n45)cc3)cc2)cc1. The van der Waals surface area contributed by atoms with E-state index in [1.54, 1.807) is 0 Å². The Hall–Kier alpha value is -7.18. The maximum atomic E-state index is 6.26. The summed E-state index contributed by atoms with van der Waals surface area (Å²) in [6, 6.07) is 58.9. The number of hydrogen-bond donors (Lipinski definition) is 0. The Morgan fingerprint density at radius 3 is 1.37 bits per heavy atom. The van der Waals surface area contributed by atoms with E-state index >= 15 is 0 Å². The Morgan fingerprint density at radius 2 is 0.788 bits per heavy atom. The molecule has 244 valence electrons. The Balaban J connectivity index is 1.01. The third-order valence-corrected chi connectivity index (χ3v) is 10.0. The van der Waals surface area contributed by atoms with Gasteiger partial charge in [0.15, 0.2) is 11.2 Å². The second-order valence-electron chi connectivity index (χ2n) is 13.1. The molecule has 4 heterocycles. The first-order valence-corrected chi connectivity index (χ1v) is 17.3. The smallest absolute Gasteiger partial charge is 0.307 e. The van der Waals surface area contributed by atoms with Gasteiger partial charge in [-0.15, -0.1) is 0 Å². The van der Waals surface area contributed by atoms with Crippen LogP contribution in [0.3, 0.4) is 0 Å². The minimum atomic E-state index is 0.577. The van der Waals surface area contributed by atoms with Gasteiger partial charge in [0, 0.05) is 22.3 Å². The van der Waals surface area contributed by atoms with Crippen LogP contribution in [0.5, 0.6) is 0 Å². The Morgan fingerprint density at radius 1 is 0.346 bits per heavy atom. The Kier molecular flexibility index (Phi) is 6.15. The van der Waals surface area contributed by atoms with Crippen molar-refractivity contribution in [3.05, 3.63) is 170 Å². The van der Waals surface area contributed by atoms with Gasteiger partial charge in [0.05, 0.1) is 22.4 Å². The van der Waals surface area contributed by atoms with Crippen molar-refractivity contribution < 1.29 is 8.83 Å². The summed E-state index contributed by atoms with van der Waals surface area (Å²) in [5.74, 6) is 1.16. The van der Waals surface area contributed by atoms with Crippen LogP contribution in [0.2, 0.25) is 0 Å². The molecule has 0 amide bonds. The summed E-state index contributed by atoms with van der Waals surface area (Å²) in [7, 11) is 0. The molecule has 0 bridgehead atoms. The van der Waals surface area contributed by atoms with Gasteiger partial charge in [-0.1, -0.05) is 140 Å². The molecule has 0 unspecified atom stereocenters. The van der Waals surface area contributed by atoms with E-state index in [2.05, 4.69) is 124 Å². The van der Waals surface area contributed by atoms with Crippen LogP contribution >= 0.6 is 0 Å². The molecule has 52 heavy (non-hydrogen) atoms. The maximum absolute atomic E-state index is 6.26. The fourth-order valence-electron chi connectivity index (χ4n) is 7.55. The molecule has 6 heteroatoms. The second kappa shape index (κ2) is 11.2. The number of benzene rings is 7. The van der Waals surface area contributed by atoms with Crippen LogP contribution in [0.25, 0.3) is 101 Å². The maximum Gasteiger partial charge on any atom is 0.307 e. The zero-order valence-electron chi connectivity index (χ0n) is 27.8. The highest BCUT2D eigenvalue weighted by Crippen LogP contribution is 2.40. The van der Waals surface area contributed by atoms with E-state index in [9.17, 15) is 0 Å². The van der Waals surface area contributed by atoms with Crippen LogP contribution in [0, 0.1) is 0 Å². The first-order chi connectivity index (χ1) is 25.8. The normalized spacial score (nSPS) is 11.8. The summed E-state index contributed by atoms with van der Waals surface area (Å²) in [6.45, 7) is 0. The number of aromatic nitrogens is 4. The van der Waals surface area contributed by atoms with Gasteiger partial charge in [-0.3, -0.25) is 8.80 Å². The highest BCUT2D eigenvalue weighted by atomic mass is 16.4. The molecule has 11 aromatic rings. The van der Waals surface area contributed by atoms with Gasteiger partial charge in [-0.25, -0.2) is 0 Å². The van der Waals surface area contributed by atoms with Crippen LogP contribution in [0.1, 0.15) is 0 Å². The van der Waals surface area contributed by atoms with Crippen molar-refractivity contribution >= 4 is 44.7 Å². The summed E-state index contributed by atoms with van der Waals surface area (Å²) in [6.07, 6.45) is 0. The van der Waals surface area contributed by atoms with Gasteiger partial charge < -0.3 is 8.83 Å². The highest BCUT2D eigenvalue weighted by molar-refractivity contribution is 5.93. The van der Waals surface area contributed by atoms with Crippen molar-refractivity contribution in [1.29, 1.82) is 0 Å². The number of para-hydroxylation sites is 4. The lowest BCUT2D eigenvalue weighted by Gasteiger charge is -2.10. The fourth-order valence-corrected chi connectivity index (χ4v) is 7.55. The van der Waals surface area contributed by atoms with E-state index in [4.69, 9.17) is 18.8 Å². The van der Waals surface area contributed by atoms with Crippen LogP contribution in [-0.4, -0.2) is 18.8 Å². The molecule has 11 rings (SSSR count). The zero-order valence-corrected chi connectivity index (χ0v) is 27.8. The van der Waals surface area contributed by atoms with Crippen LogP contribution in [0.4, 0.5) is 0 Å². The predicted octanol–water partition coefficient (Wildman–Crippen LogP) is 12.0. The lowest BCUT2D eigenvalue weighted by Crippen LogP contribution is -1.91. The molecule has 0 saturated heterocycles. The molecule has 0 atom stereocenters. The van der Waals surface area contributed by atoms with Crippen molar-refractivity contribution in [3.8, 4) is 56.2 Å². The van der Waals surface area contributed by atoms with Crippen molar-refractivity contribution in [2.45, 2.75) is 0 Å². The molecule has 7 aromatic carbocycles. The lowest BCUT2D eigenvalue weighted by atomic mass is 9.98. The molecule has 6 nitrogen and oxygen atoms in total. The molecule has 4 aromatic heterocycles. The zero-order chi connectivity index (χ0) is 34.2. The lowest BCUT2D eigenvalue weighted by molar-refractivity contribution is 0.641. The number of imidazole rings is 2. The van der Waals surface area contributed by atoms with E-state index in [0.717, 1.165) is 78.4 Å². The standard InChI is InChI=1S/C46H28N4O2/c1-2-11-32(12-3-1)41-43(49-37-14-6-8-16-39(37)51-45(49)47-41)33-23-18-30(19-24-33)31-20-25-34(26-21-31)44-42(36-27-22-29-10-4-5-13-35(29)28-36)48-46-50(44)38-15-7-9-17-40(38)52-46/h1-28H. The number of rotatable bonds is 5. The van der Waals surface area contributed by atoms with E-state index in [1.165, 1.54) is 10.8 Å². The van der Waals surface area contributed by atoms with E-state index in [1.807, 2.05) is 54.6 Å². The fraction of sp³-hybridized carbons (Fsp3) is 0. The van der Waals surface area contributed by atoms with Crippen molar-refractivity contribution in [3.63, 3.8) is 0 Å². The summed E-state index contributed by atoms with van der Waals surface area (Å²) < 4.78 is 16.7. The topological polar surface area (TPSA) is 60.9 Å². The van der Waals surface area contributed by atoms with Crippen molar-refractivity contribution in [1.82, 2.24) is 18.8 Å². The number of nitrogens with zero attached hydrogens (tertiary/aromatic N) is 4. The Bertz CT molecular complexity index is 3110. The highest BCUT2D eigenvalue weighted by Gasteiger charge is 2.23. The molecule has 0 aliphatic carbocycles. The van der Waals surface area contributed by atoms with E-state index in [0.29, 0.717) is 11.7 Å². The summed E-state index contributed by atoms with van der Waals surface area (Å²) in [4.78, 5) is 10.0. The molecule has 0 aliphatic rings. The van der Waals surface area contributed by atoms with Crippen LogP contribution in [-0.2, 0) is 0 Å². The number of fused-ring (bicyclic) bond motifs is 7. The van der Waals surface area contributed by atoms with E-state index in [-0.39, 0.29) is 0 Å². The molecular formula is C46H28N4O2. The Labute approximate surface area is 297 Å². The van der Waals surface area contributed by atoms with Gasteiger partial charge in [-0.2, -0.15) is 9.97 Å². The summed E-state index contributed by atoms with van der Waals surface area (Å²) in [5, 5.41) is 2.37. The molecule has 0 N–H and O–H groups in total. The van der Waals surface area contributed by atoms with Gasteiger partial charge in [0.25, 0.3) is 0 Å². The minimum absolute atomic E-state index is 0.577. The molecule has 0 fully saturated rings. The largest absolute Gasteiger partial charge is 0.423 e. The number of hydrogen-bond acceptors (Lipinski definition) is 4. The first-order valence-electron chi connectivity index (χ1n) is 17.3. The monoisotopic (exact) mass is 668 g/mol. The quantitative estimate of drug-likeness (QED) is 0.183. The molecular weight excluding hydrogens is 641 g/mol. The van der Waals surface area contributed by atoms with Gasteiger partial charge in [-0.05, 0) is 52.2 Å². The molecule has 0 aliphatic heterocycles. The summed E-state index contributed by atoms with van der Waals surface area (Å²) in [5.41, 5.74) is 13.8. The van der Waals surface area contributed by atoms with Crippen molar-refractivity contribution in [2.24, 2.45) is 0 Å². The third kappa shape index (κ3) is 4.38. The minimum Gasteiger partial charge on any atom is -0.423 e. The molecule has 0 radical (unpaired) electrons. The van der Waals surface area contributed by atoms with E-state index < -0.39 is 0 Å². The van der Waals surface area contributed by atoms with Crippen LogP contribution < -0.4 is 0 Å². The molecule has 0 spiro atoms.